The number of imidazole rings is 1. The molecule has 4 aromatic heterocycles. The highest BCUT2D eigenvalue weighted by Gasteiger charge is 2.27. The van der Waals surface area contributed by atoms with Crippen LogP contribution in [-0.4, -0.2) is 24.5 Å². The molecule has 0 saturated heterocycles. The van der Waals surface area contributed by atoms with Gasteiger partial charge in [0.05, 0.1) is 24.1 Å². The molecule has 0 amide bonds. The molecule has 6 nitrogen and oxygen atoms in total. The highest BCUT2D eigenvalue weighted by Crippen LogP contribution is 2.38. The Bertz CT molecular complexity index is 1440. The zero-order chi connectivity index (χ0) is 20.9. The van der Waals surface area contributed by atoms with E-state index < -0.39 is 0 Å². The van der Waals surface area contributed by atoms with Crippen LogP contribution in [0.5, 0.6) is 5.88 Å². The Balaban J connectivity index is 1.67. The van der Waals surface area contributed by atoms with Crippen molar-refractivity contribution in [1.29, 1.82) is 0 Å². The molecule has 1 N–H and O–H groups in total. The fourth-order valence-corrected chi connectivity index (χ4v) is 4.49. The number of hydrogen-bond donors (Lipinski definition) is 1. The summed E-state index contributed by atoms with van der Waals surface area (Å²) < 4.78 is 7.31. The van der Waals surface area contributed by atoms with E-state index >= 15 is 0 Å². The molecule has 152 valence electrons. The summed E-state index contributed by atoms with van der Waals surface area (Å²) in [4.78, 5) is 13.9. The maximum atomic E-state index is 11.2. The molecule has 5 aromatic rings. The average Bonchev–Trinajstić information content (AvgIpc) is 3.41. The number of aromatic hydroxyl groups is 1. The Morgan fingerprint density at radius 2 is 1.94 bits per heavy atom. The lowest BCUT2D eigenvalue weighted by molar-refractivity contribution is 0.435. The number of pyridine rings is 1. The van der Waals surface area contributed by atoms with Crippen molar-refractivity contribution >= 4 is 17.2 Å². The average molecular weight is 429 g/mol. The van der Waals surface area contributed by atoms with Gasteiger partial charge in [-0.3, -0.25) is 4.40 Å². The molecule has 0 spiro atoms. The van der Waals surface area contributed by atoms with Gasteiger partial charge in [0.1, 0.15) is 22.3 Å². The first-order valence-corrected chi connectivity index (χ1v) is 10.4. The number of fused-ring (bicyclic) bond motifs is 5. The predicted octanol–water partition coefficient (Wildman–Crippen LogP) is 5.10. The Morgan fingerprint density at radius 3 is 2.77 bits per heavy atom. The Kier molecular flexibility index (Phi) is 4.07. The zero-order valence-corrected chi connectivity index (χ0v) is 17.2. The minimum Gasteiger partial charge on any atom is -0.493 e. The van der Waals surface area contributed by atoms with Gasteiger partial charge >= 0.3 is 0 Å². The molecule has 0 unspecified atom stereocenters. The van der Waals surface area contributed by atoms with Crippen LogP contribution in [0.4, 0.5) is 0 Å². The van der Waals surface area contributed by atoms with E-state index in [2.05, 4.69) is 17.1 Å². The molecule has 0 saturated carbocycles. The van der Waals surface area contributed by atoms with E-state index in [-0.39, 0.29) is 5.88 Å². The molecule has 0 radical (unpaired) electrons. The molecule has 1 aromatic carbocycles. The highest BCUT2D eigenvalue weighted by molar-refractivity contribution is 6.29. The van der Waals surface area contributed by atoms with Crippen molar-refractivity contribution < 1.29 is 9.52 Å². The van der Waals surface area contributed by atoms with Gasteiger partial charge in [0.2, 0.25) is 5.88 Å². The topological polar surface area (TPSA) is 76.5 Å². The van der Waals surface area contributed by atoms with Crippen molar-refractivity contribution in [3.63, 3.8) is 0 Å². The van der Waals surface area contributed by atoms with Gasteiger partial charge in [0, 0.05) is 17.3 Å². The zero-order valence-electron chi connectivity index (χ0n) is 16.4. The molecule has 6 rings (SSSR count). The first-order chi connectivity index (χ1) is 15.2. The summed E-state index contributed by atoms with van der Waals surface area (Å²) in [6.45, 7) is 0. The van der Waals surface area contributed by atoms with Gasteiger partial charge in [0.25, 0.3) is 0 Å². The van der Waals surface area contributed by atoms with Crippen molar-refractivity contribution in [2.75, 3.05) is 0 Å². The third-order valence-electron chi connectivity index (χ3n) is 5.73. The monoisotopic (exact) mass is 428 g/mol. The van der Waals surface area contributed by atoms with E-state index in [0.29, 0.717) is 28.6 Å². The van der Waals surface area contributed by atoms with Crippen LogP contribution in [0.2, 0.25) is 5.15 Å². The number of hydrogen-bond acceptors (Lipinski definition) is 5. The number of rotatable bonds is 3. The van der Waals surface area contributed by atoms with Gasteiger partial charge in [-0.05, 0) is 42.7 Å². The quantitative estimate of drug-likeness (QED) is 0.404. The number of halogens is 1. The van der Waals surface area contributed by atoms with E-state index in [1.54, 1.807) is 18.5 Å². The summed E-state index contributed by atoms with van der Waals surface area (Å²) in [7, 11) is 0. The third kappa shape index (κ3) is 2.91. The van der Waals surface area contributed by atoms with Gasteiger partial charge in [-0.2, -0.15) is 0 Å². The Morgan fingerprint density at radius 1 is 1.03 bits per heavy atom. The summed E-state index contributed by atoms with van der Waals surface area (Å²) in [5.41, 5.74) is 6.72. The van der Waals surface area contributed by atoms with Crippen LogP contribution in [0.15, 0.2) is 65.4 Å². The van der Waals surface area contributed by atoms with Crippen molar-refractivity contribution in [3.05, 3.63) is 88.9 Å². The van der Waals surface area contributed by atoms with Crippen molar-refractivity contribution in [3.8, 4) is 28.4 Å². The molecule has 0 fully saturated rings. The van der Waals surface area contributed by atoms with Crippen LogP contribution in [0.1, 0.15) is 22.7 Å². The van der Waals surface area contributed by atoms with Crippen molar-refractivity contribution in [2.24, 2.45) is 0 Å². The van der Waals surface area contributed by atoms with Crippen LogP contribution >= 0.6 is 11.6 Å². The molecule has 0 bridgehead atoms. The number of aromatic nitrogens is 4. The Labute approximate surface area is 182 Å². The fraction of sp³-hybridized carbons (Fsp3) is 0.125. The number of benzene rings is 1. The maximum absolute atomic E-state index is 11.2. The summed E-state index contributed by atoms with van der Waals surface area (Å²) >= 11 is 6.17. The largest absolute Gasteiger partial charge is 0.493 e. The molecule has 0 aliphatic heterocycles. The van der Waals surface area contributed by atoms with Crippen LogP contribution < -0.4 is 0 Å². The van der Waals surface area contributed by atoms with Crippen LogP contribution in [0, 0.1) is 0 Å². The summed E-state index contributed by atoms with van der Waals surface area (Å²) in [5, 5.41) is 11.6. The minimum atomic E-state index is 0.117. The first kappa shape index (κ1) is 18.2. The van der Waals surface area contributed by atoms with E-state index in [1.807, 2.05) is 34.7 Å². The first-order valence-electron chi connectivity index (χ1n) is 10.0. The van der Waals surface area contributed by atoms with Gasteiger partial charge in [-0.25, -0.2) is 15.0 Å². The Hall–Kier alpha value is -3.64. The standard InChI is InChI=1S/C24H17ClN4O2/c25-20-12-15(9-10-26-20)21-23-27-18(13-16-5-3-11-31-16)24(30)29(23)19-8-7-14-4-1-2-6-17(14)22(19)28-21/h1-6,9-12,30H,7-8,13H2. The smallest absolute Gasteiger partial charge is 0.220 e. The molecule has 1 aliphatic rings. The normalized spacial score (nSPS) is 12.7. The lowest BCUT2D eigenvalue weighted by atomic mass is 9.91. The van der Waals surface area contributed by atoms with Gasteiger partial charge in [0.15, 0.2) is 5.65 Å². The molecule has 0 atom stereocenters. The second-order valence-corrected chi connectivity index (χ2v) is 7.96. The van der Waals surface area contributed by atoms with Gasteiger partial charge < -0.3 is 9.52 Å². The second-order valence-electron chi connectivity index (χ2n) is 7.58. The lowest BCUT2D eigenvalue weighted by Crippen LogP contribution is -2.12. The molecular weight excluding hydrogens is 412 g/mol. The maximum Gasteiger partial charge on any atom is 0.220 e. The third-order valence-corrected chi connectivity index (χ3v) is 5.93. The number of furan rings is 1. The molecule has 31 heavy (non-hydrogen) atoms. The molecule has 4 heterocycles. The van der Waals surface area contributed by atoms with Crippen molar-refractivity contribution in [2.45, 2.75) is 19.3 Å². The SMILES string of the molecule is Oc1c(Cc2ccco2)nc2c(-c3ccnc(Cl)c3)nc3c(n12)CCc1ccccc1-3. The minimum absolute atomic E-state index is 0.117. The van der Waals surface area contributed by atoms with Gasteiger partial charge in [-0.1, -0.05) is 35.9 Å². The summed E-state index contributed by atoms with van der Waals surface area (Å²) in [6.07, 6.45) is 5.30. The summed E-state index contributed by atoms with van der Waals surface area (Å²) in [6, 6.07) is 15.6. The van der Waals surface area contributed by atoms with E-state index in [4.69, 9.17) is 26.0 Å². The van der Waals surface area contributed by atoms with E-state index in [9.17, 15) is 5.11 Å². The van der Waals surface area contributed by atoms with Crippen LogP contribution in [0.25, 0.3) is 28.2 Å². The summed E-state index contributed by atoms with van der Waals surface area (Å²) in [5.74, 6) is 0.852. The second kappa shape index (κ2) is 6.96. The predicted molar refractivity (Wildman–Crippen MR) is 117 cm³/mol. The lowest BCUT2D eigenvalue weighted by Gasteiger charge is -2.21. The molecule has 7 heteroatoms. The van der Waals surface area contributed by atoms with Crippen LogP contribution in [0.3, 0.4) is 0 Å². The molecule has 1 aliphatic carbocycles. The van der Waals surface area contributed by atoms with Gasteiger partial charge in [-0.15, -0.1) is 0 Å². The van der Waals surface area contributed by atoms with E-state index in [0.717, 1.165) is 41.1 Å². The number of nitrogens with zero attached hydrogens (tertiary/aromatic N) is 4. The molecular formula is C24H17ClN4O2. The van der Waals surface area contributed by atoms with Crippen LogP contribution in [-0.2, 0) is 19.3 Å². The van der Waals surface area contributed by atoms with E-state index in [1.165, 1.54) is 5.56 Å². The van der Waals surface area contributed by atoms with Crippen molar-refractivity contribution in [1.82, 2.24) is 19.4 Å². The number of aryl methyl sites for hydroxylation is 2. The highest BCUT2D eigenvalue weighted by atomic mass is 35.5. The fourth-order valence-electron chi connectivity index (χ4n) is 4.31.